The summed E-state index contributed by atoms with van der Waals surface area (Å²) in [5, 5.41) is 12.4. The maximum Gasteiger partial charge on any atom is 0.335 e. The molecule has 25 heavy (non-hydrogen) atoms. The molecule has 1 fully saturated rings. The van der Waals surface area contributed by atoms with Crippen LogP contribution < -0.4 is 5.32 Å². The Hall–Kier alpha value is -2.93. The van der Waals surface area contributed by atoms with Crippen molar-refractivity contribution in [2.45, 2.75) is 13.3 Å². The number of benzene rings is 1. The molecule has 2 heterocycles. The van der Waals surface area contributed by atoms with E-state index in [0.717, 1.165) is 6.42 Å². The van der Waals surface area contributed by atoms with E-state index >= 15 is 0 Å². The zero-order valence-corrected chi connectivity index (χ0v) is 14.3. The highest BCUT2D eigenvalue weighted by molar-refractivity contribution is 7.80. The topological polar surface area (TPSA) is 82.8 Å². The van der Waals surface area contributed by atoms with E-state index in [1.54, 1.807) is 30.3 Å². The lowest BCUT2D eigenvalue weighted by Gasteiger charge is -2.11. The van der Waals surface area contributed by atoms with Crippen molar-refractivity contribution in [2.75, 3.05) is 6.54 Å². The molecule has 0 radical (unpaired) electrons. The molecular weight excluding hydrogens is 340 g/mol. The Morgan fingerprint density at radius 1 is 1.36 bits per heavy atom. The number of nitrogens with one attached hydrogen (secondary N) is 1. The molecule has 1 amide bonds. The molecule has 1 aromatic heterocycles. The van der Waals surface area contributed by atoms with E-state index in [1.807, 2.05) is 6.92 Å². The first kappa shape index (κ1) is 16.9. The fraction of sp³-hybridized carbons (Fsp3) is 0.167. The van der Waals surface area contributed by atoms with Gasteiger partial charge < -0.3 is 14.8 Å². The van der Waals surface area contributed by atoms with E-state index in [1.165, 1.54) is 17.0 Å². The molecule has 0 unspecified atom stereocenters. The summed E-state index contributed by atoms with van der Waals surface area (Å²) in [4.78, 5) is 24.9. The Balaban J connectivity index is 1.85. The van der Waals surface area contributed by atoms with Gasteiger partial charge in [0.2, 0.25) is 0 Å². The number of furan rings is 1. The van der Waals surface area contributed by atoms with E-state index in [2.05, 4.69) is 5.32 Å². The van der Waals surface area contributed by atoms with Crippen LogP contribution in [0.1, 0.15) is 29.5 Å². The SMILES string of the molecule is CCCN1C(=O)C(=Cc2ccc(-c3cccc(C(=O)O)c3)o2)NC1=S. The summed E-state index contributed by atoms with van der Waals surface area (Å²) in [7, 11) is 0. The third-order valence-electron chi connectivity index (χ3n) is 3.72. The molecule has 0 aliphatic carbocycles. The van der Waals surface area contributed by atoms with Crippen molar-refractivity contribution in [3.63, 3.8) is 0 Å². The van der Waals surface area contributed by atoms with Crippen LogP contribution in [0.25, 0.3) is 17.4 Å². The summed E-state index contributed by atoms with van der Waals surface area (Å²) in [6.45, 7) is 2.54. The van der Waals surface area contributed by atoms with Crippen LogP contribution >= 0.6 is 12.2 Å². The Kier molecular flexibility index (Phi) is 4.67. The first-order chi connectivity index (χ1) is 12.0. The van der Waals surface area contributed by atoms with Gasteiger partial charge in [0, 0.05) is 18.2 Å². The minimum absolute atomic E-state index is 0.182. The van der Waals surface area contributed by atoms with Crippen LogP contribution in [-0.2, 0) is 4.79 Å². The van der Waals surface area contributed by atoms with Crippen molar-refractivity contribution in [2.24, 2.45) is 0 Å². The first-order valence-corrected chi connectivity index (χ1v) is 8.18. The molecule has 0 bridgehead atoms. The Bertz CT molecular complexity index is 885. The maximum atomic E-state index is 12.3. The van der Waals surface area contributed by atoms with Gasteiger partial charge in [0.15, 0.2) is 5.11 Å². The molecule has 0 saturated carbocycles. The summed E-state index contributed by atoms with van der Waals surface area (Å²) in [5.41, 5.74) is 1.19. The van der Waals surface area contributed by atoms with Gasteiger partial charge >= 0.3 is 5.97 Å². The maximum absolute atomic E-state index is 12.3. The molecule has 7 heteroatoms. The highest BCUT2D eigenvalue weighted by Crippen LogP contribution is 2.25. The van der Waals surface area contributed by atoms with E-state index in [4.69, 9.17) is 21.7 Å². The number of aromatic carboxylic acids is 1. The number of nitrogens with zero attached hydrogens (tertiary/aromatic N) is 1. The molecular formula is C18H16N2O4S. The van der Waals surface area contributed by atoms with Gasteiger partial charge in [-0.25, -0.2) is 4.79 Å². The number of thiocarbonyl (C=S) groups is 1. The van der Waals surface area contributed by atoms with Gasteiger partial charge in [-0.05, 0) is 42.9 Å². The van der Waals surface area contributed by atoms with Gasteiger partial charge in [0.25, 0.3) is 5.91 Å². The number of carboxylic acid groups (broad SMARTS) is 1. The van der Waals surface area contributed by atoms with Crippen LogP contribution in [0, 0.1) is 0 Å². The molecule has 0 spiro atoms. The lowest BCUT2D eigenvalue weighted by molar-refractivity contribution is -0.122. The van der Waals surface area contributed by atoms with Crippen molar-refractivity contribution in [1.29, 1.82) is 0 Å². The second-order valence-corrected chi connectivity index (χ2v) is 5.92. The fourth-order valence-corrected chi connectivity index (χ4v) is 2.82. The third kappa shape index (κ3) is 3.46. The Morgan fingerprint density at radius 3 is 2.88 bits per heavy atom. The average molecular weight is 356 g/mol. The van der Waals surface area contributed by atoms with Gasteiger partial charge in [0.1, 0.15) is 17.2 Å². The molecule has 3 rings (SSSR count). The van der Waals surface area contributed by atoms with Gasteiger partial charge in [0.05, 0.1) is 5.56 Å². The van der Waals surface area contributed by atoms with Crippen molar-refractivity contribution in [3.05, 3.63) is 53.4 Å². The van der Waals surface area contributed by atoms with Crippen molar-refractivity contribution in [1.82, 2.24) is 10.2 Å². The molecule has 1 aromatic carbocycles. The minimum atomic E-state index is -0.999. The van der Waals surface area contributed by atoms with Crippen LogP contribution in [0.4, 0.5) is 0 Å². The summed E-state index contributed by atoms with van der Waals surface area (Å²) < 4.78 is 5.72. The van der Waals surface area contributed by atoms with E-state index in [-0.39, 0.29) is 11.5 Å². The third-order valence-corrected chi connectivity index (χ3v) is 4.04. The van der Waals surface area contributed by atoms with Crippen LogP contribution in [-0.4, -0.2) is 33.5 Å². The molecule has 0 atom stereocenters. The zero-order chi connectivity index (χ0) is 18.0. The fourth-order valence-electron chi connectivity index (χ4n) is 2.53. The highest BCUT2D eigenvalue weighted by atomic mass is 32.1. The highest BCUT2D eigenvalue weighted by Gasteiger charge is 2.29. The lowest BCUT2D eigenvalue weighted by atomic mass is 10.1. The predicted molar refractivity (Wildman–Crippen MR) is 96.8 cm³/mol. The Morgan fingerprint density at radius 2 is 2.16 bits per heavy atom. The summed E-state index contributed by atoms with van der Waals surface area (Å²) >= 11 is 5.16. The van der Waals surface area contributed by atoms with Crippen molar-refractivity contribution < 1.29 is 19.1 Å². The van der Waals surface area contributed by atoms with E-state index < -0.39 is 5.97 Å². The number of carboxylic acids is 1. The molecule has 2 N–H and O–H groups in total. The van der Waals surface area contributed by atoms with Gasteiger partial charge in [-0.2, -0.15) is 0 Å². The second-order valence-electron chi connectivity index (χ2n) is 5.53. The largest absolute Gasteiger partial charge is 0.478 e. The van der Waals surface area contributed by atoms with Gasteiger partial charge in [-0.3, -0.25) is 9.69 Å². The number of carbonyl (C=O) groups is 2. The lowest BCUT2D eigenvalue weighted by Crippen LogP contribution is -2.31. The molecule has 2 aromatic rings. The predicted octanol–water partition coefficient (Wildman–Crippen LogP) is 3.11. The molecule has 1 aliphatic heterocycles. The minimum Gasteiger partial charge on any atom is -0.478 e. The summed E-state index contributed by atoms with van der Waals surface area (Å²) in [6, 6.07) is 9.92. The number of amides is 1. The van der Waals surface area contributed by atoms with Crippen molar-refractivity contribution >= 4 is 35.3 Å². The normalized spacial score (nSPS) is 15.7. The first-order valence-electron chi connectivity index (χ1n) is 7.77. The van der Waals surface area contributed by atoms with Crippen LogP contribution in [0.3, 0.4) is 0 Å². The van der Waals surface area contributed by atoms with Gasteiger partial charge in [-0.15, -0.1) is 0 Å². The van der Waals surface area contributed by atoms with Crippen LogP contribution in [0.5, 0.6) is 0 Å². The van der Waals surface area contributed by atoms with Crippen LogP contribution in [0.2, 0.25) is 0 Å². The van der Waals surface area contributed by atoms with Gasteiger partial charge in [-0.1, -0.05) is 19.1 Å². The molecule has 1 aliphatic rings. The molecule has 1 saturated heterocycles. The number of carbonyl (C=O) groups excluding carboxylic acids is 1. The zero-order valence-electron chi connectivity index (χ0n) is 13.5. The smallest absolute Gasteiger partial charge is 0.335 e. The van der Waals surface area contributed by atoms with Crippen LogP contribution in [0.15, 0.2) is 46.5 Å². The second kappa shape index (κ2) is 6.90. The average Bonchev–Trinajstić information content (AvgIpc) is 3.16. The number of hydrogen-bond donors (Lipinski definition) is 2. The van der Waals surface area contributed by atoms with E-state index in [9.17, 15) is 9.59 Å². The number of rotatable bonds is 5. The van der Waals surface area contributed by atoms with Crippen molar-refractivity contribution in [3.8, 4) is 11.3 Å². The van der Waals surface area contributed by atoms with E-state index in [0.29, 0.717) is 34.4 Å². The monoisotopic (exact) mass is 356 g/mol. The summed E-state index contributed by atoms with van der Waals surface area (Å²) in [5.74, 6) is -0.181. The Labute approximate surface area is 149 Å². The molecule has 128 valence electrons. The quantitative estimate of drug-likeness (QED) is 0.633. The number of hydrogen-bond acceptors (Lipinski definition) is 4. The summed E-state index contributed by atoms with van der Waals surface area (Å²) in [6.07, 6.45) is 2.40. The standard InChI is InChI=1S/C18H16N2O4S/c1-2-8-20-16(21)14(19-18(20)25)10-13-6-7-15(24-13)11-4-3-5-12(9-11)17(22)23/h3-7,9-10H,2,8H2,1H3,(H,19,25)(H,22,23). The molecule has 6 nitrogen and oxygen atoms in total.